The van der Waals surface area contributed by atoms with Crippen molar-refractivity contribution in [1.82, 2.24) is 24.6 Å². The monoisotopic (exact) mass is 443 g/mol. The van der Waals surface area contributed by atoms with Crippen LogP contribution in [0.2, 0.25) is 0 Å². The van der Waals surface area contributed by atoms with Gasteiger partial charge in [-0.15, -0.1) is 0 Å². The van der Waals surface area contributed by atoms with Crippen LogP contribution in [0.1, 0.15) is 29.7 Å². The number of β-amino-alcohol motifs (C(OH)–C–C–N with tert-alkyl or cyclic N) is 1. The molecule has 0 saturated carbocycles. The van der Waals surface area contributed by atoms with Crippen LogP contribution in [0.15, 0.2) is 53.1 Å². The van der Waals surface area contributed by atoms with Crippen LogP contribution in [0.4, 0.5) is 13.2 Å². The molecule has 0 radical (unpaired) electrons. The van der Waals surface area contributed by atoms with E-state index in [0.29, 0.717) is 31.0 Å². The smallest absolute Gasteiger partial charge is 0.392 e. The summed E-state index contributed by atoms with van der Waals surface area (Å²) in [4.78, 5) is 11.1. The Morgan fingerprint density at radius 1 is 1.09 bits per heavy atom. The topological polar surface area (TPSA) is 80.2 Å². The Bertz CT molecular complexity index is 1250. The molecule has 1 saturated heterocycles. The number of likely N-dealkylation sites (tertiary alicyclic amines) is 1. The number of para-hydroxylation sites is 2. The molecule has 2 aromatic heterocycles. The number of rotatable bonds is 4. The van der Waals surface area contributed by atoms with Crippen molar-refractivity contribution in [1.29, 1.82) is 0 Å². The first-order valence-corrected chi connectivity index (χ1v) is 10.1. The van der Waals surface area contributed by atoms with E-state index in [-0.39, 0.29) is 11.9 Å². The zero-order valence-electron chi connectivity index (χ0n) is 17.1. The number of aromatic nitrogens is 4. The van der Waals surface area contributed by atoms with E-state index in [1.165, 1.54) is 12.1 Å². The zero-order valence-corrected chi connectivity index (χ0v) is 17.1. The third-order valence-electron chi connectivity index (χ3n) is 5.80. The zero-order chi connectivity index (χ0) is 22.5. The number of halogens is 3. The molecule has 4 aromatic rings. The van der Waals surface area contributed by atoms with Crippen molar-refractivity contribution in [2.24, 2.45) is 7.05 Å². The van der Waals surface area contributed by atoms with Crippen molar-refractivity contribution in [3.63, 3.8) is 0 Å². The van der Waals surface area contributed by atoms with Gasteiger partial charge in [0.25, 0.3) is 0 Å². The van der Waals surface area contributed by atoms with E-state index in [9.17, 15) is 18.3 Å². The average molecular weight is 443 g/mol. The SMILES string of the molecule is Cn1c(CN2CC(O)CC2c2nc(-c3ccc(C(F)(F)F)cc3)no2)nc2ccccc21. The molecule has 0 spiro atoms. The van der Waals surface area contributed by atoms with Gasteiger partial charge in [-0.05, 0) is 30.7 Å². The Kier molecular flexibility index (Phi) is 4.98. The highest BCUT2D eigenvalue weighted by atomic mass is 19.4. The molecule has 166 valence electrons. The van der Waals surface area contributed by atoms with E-state index in [4.69, 9.17) is 9.51 Å². The van der Waals surface area contributed by atoms with Gasteiger partial charge in [0.15, 0.2) is 0 Å². The Morgan fingerprint density at radius 2 is 1.84 bits per heavy atom. The number of alkyl halides is 3. The van der Waals surface area contributed by atoms with Gasteiger partial charge in [0.05, 0.1) is 35.3 Å². The van der Waals surface area contributed by atoms with Crippen LogP contribution in [-0.2, 0) is 19.8 Å². The van der Waals surface area contributed by atoms with Crippen molar-refractivity contribution in [3.8, 4) is 11.4 Å². The maximum Gasteiger partial charge on any atom is 0.416 e. The predicted octanol–water partition coefficient (Wildman–Crippen LogP) is 3.95. The van der Waals surface area contributed by atoms with E-state index in [1.54, 1.807) is 0 Å². The molecule has 10 heteroatoms. The Balaban J connectivity index is 1.39. The summed E-state index contributed by atoms with van der Waals surface area (Å²) in [6.45, 7) is 0.900. The number of aliphatic hydroxyl groups excluding tert-OH is 1. The number of nitrogens with zero attached hydrogens (tertiary/aromatic N) is 5. The minimum absolute atomic E-state index is 0.206. The molecule has 3 heterocycles. The van der Waals surface area contributed by atoms with Gasteiger partial charge in [-0.2, -0.15) is 18.2 Å². The molecule has 1 fully saturated rings. The molecular formula is C22H20F3N5O2. The number of benzene rings is 2. The number of aliphatic hydroxyl groups is 1. The highest BCUT2D eigenvalue weighted by Gasteiger charge is 2.37. The quantitative estimate of drug-likeness (QED) is 0.515. The number of hydrogen-bond donors (Lipinski definition) is 1. The Labute approximate surface area is 181 Å². The molecule has 2 unspecified atom stereocenters. The third-order valence-corrected chi connectivity index (χ3v) is 5.80. The molecule has 0 amide bonds. The molecule has 0 bridgehead atoms. The maximum atomic E-state index is 12.8. The minimum atomic E-state index is -4.41. The van der Waals surface area contributed by atoms with Gasteiger partial charge in [-0.3, -0.25) is 4.90 Å². The molecule has 2 atom stereocenters. The average Bonchev–Trinajstić information content (AvgIpc) is 3.46. The van der Waals surface area contributed by atoms with Gasteiger partial charge < -0.3 is 14.2 Å². The number of fused-ring (bicyclic) bond motifs is 1. The summed E-state index contributed by atoms with van der Waals surface area (Å²) in [7, 11) is 1.95. The second-order valence-corrected chi connectivity index (χ2v) is 7.94. The summed E-state index contributed by atoms with van der Waals surface area (Å²) in [5.41, 5.74) is 1.59. The van der Waals surface area contributed by atoms with Crippen molar-refractivity contribution < 1.29 is 22.8 Å². The lowest BCUT2D eigenvalue weighted by Gasteiger charge is -2.20. The number of aryl methyl sites for hydroxylation is 1. The fourth-order valence-electron chi connectivity index (χ4n) is 4.13. The predicted molar refractivity (Wildman–Crippen MR) is 109 cm³/mol. The molecule has 0 aliphatic carbocycles. The Hall–Kier alpha value is -3.24. The molecule has 2 aromatic carbocycles. The van der Waals surface area contributed by atoms with Crippen LogP contribution in [-0.4, -0.2) is 42.3 Å². The van der Waals surface area contributed by atoms with Crippen molar-refractivity contribution in [2.75, 3.05) is 6.54 Å². The van der Waals surface area contributed by atoms with Crippen molar-refractivity contribution in [3.05, 3.63) is 65.8 Å². The molecule has 1 aliphatic heterocycles. The first-order chi connectivity index (χ1) is 15.3. The van der Waals surface area contributed by atoms with Crippen LogP contribution in [0.3, 0.4) is 0 Å². The standard InChI is InChI=1S/C22H20F3N5O2/c1-29-17-5-3-2-4-16(17)26-19(29)12-30-11-15(31)10-18(30)21-27-20(28-32-21)13-6-8-14(9-7-13)22(23,24)25/h2-9,15,18,31H,10-12H2,1H3. The molecule has 32 heavy (non-hydrogen) atoms. The lowest BCUT2D eigenvalue weighted by molar-refractivity contribution is -0.137. The van der Waals surface area contributed by atoms with Crippen LogP contribution >= 0.6 is 0 Å². The fourth-order valence-corrected chi connectivity index (χ4v) is 4.13. The van der Waals surface area contributed by atoms with E-state index < -0.39 is 17.8 Å². The largest absolute Gasteiger partial charge is 0.416 e. The van der Waals surface area contributed by atoms with Crippen molar-refractivity contribution >= 4 is 11.0 Å². The molecule has 1 aliphatic rings. The van der Waals surface area contributed by atoms with Gasteiger partial charge in [0, 0.05) is 19.2 Å². The van der Waals surface area contributed by atoms with Gasteiger partial charge >= 0.3 is 6.18 Å². The summed E-state index contributed by atoms with van der Waals surface area (Å²) < 4.78 is 45.9. The van der Waals surface area contributed by atoms with Crippen LogP contribution < -0.4 is 0 Å². The highest BCUT2D eigenvalue weighted by Crippen LogP contribution is 2.34. The first kappa shape index (κ1) is 20.7. The molecular weight excluding hydrogens is 423 g/mol. The van der Waals surface area contributed by atoms with Gasteiger partial charge in [-0.1, -0.05) is 29.4 Å². The second kappa shape index (κ2) is 7.72. The van der Waals surface area contributed by atoms with Gasteiger partial charge in [0.1, 0.15) is 5.82 Å². The highest BCUT2D eigenvalue weighted by molar-refractivity contribution is 5.75. The van der Waals surface area contributed by atoms with E-state index in [1.807, 2.05) is 40.8 Å². The van der Waals surface area contributed by atoms with Crippen molar-refractivity contribution in [2.45, 2.75) is 31.3 Å². The first-order valence-electron chi connectivity index (χ1n) is 10.1. The normalized spacial score (nSPS) is 19.8. The number of imidazole rings is 1. The lowest BCUT2D eigenvalue weighted by atomic mass is 10.1. The summed E-state index contributed by atoms with van der Waals surface area (Å²) in [6, 6.07) is 12.1. The molecule has 5 rings (SSSR count). The summed E-state index contributed by atoms with van der Waals surface area (Å²) in [5.74, 6) is 1.36. The second-order valence-electron chi connectivity index (χ2n) is 7.94. The van der Waals surface area contributed by atoms with Crippen LogP contribution in [0.25, 0.3) is 22.4 Å². The summed E-state index contributed by atoms with van der Waals surface area (Å²) in [6.07, 6.45) is -4.55. The van der Waals surface area contributed by atoms with Crippen LogP contribution in [0, 0.1) is 0 Å². The van der Waals surface area contributed by atoms with E-state index in [2.05, 4.69) is 10.1 Å². The maximum absolute atomic E-state index is 12.8. The third kappa shape index (κ3) is 3.76. The van der Waals surface area contributed by atoms with Gasteiger partial charge in [0.2, 0.25) is 11.7 Å². The minimum Gasteiger partial charge on any atom is -0.392 e. The van der Waals surface area contributed by atoms with E-state index >= 15 is 0 Å². The van der Waals surface area contributed by atoms with Crippen LogP contribution in [0.5, 0.6) is 0 Å². The molecule has 7 nitrogen and oxygen atoms in total. The van der Waals surface area contributed by atoms with E-state index in [0.717, 1.165) is 29.0 Å². The lowest BCUT2D eigenvalue weighted by Crippen LogP contribution is -2.26. The molecule has 1 N–H and O–H groups in total. The summed E-state index contributed by atoms with van der Waals surface area (Å²) in [5, 5.41) is 14.2. The number of hydrogen-bond acceptors (Lipinski definition) is 6. The summed E-state index contributed by atoms with van der Waals surface area (Å²) >= 11 is 0. The Morgan fingerprint density at radius 3 is 2.56 bits per heavy atom. The fraction of sp³-hybridized carbons (Fsp3) is 0.318. The van der Waals surface area contributed by atoms with Gasteiger partial charge in [-0.25, -0.2) is 4.98 Å².